The summed E-state index contributed by atoms with van der Waals surface area (Å²) in [7, 11) is 3.10. The summed E-state index contributed by atoms with van der Waals surface area (Å²) in [4.78, 5) is 9.59. The van der Waals surface area contributed by atoms with Crippen LogP contribution < -0.4 is 10.1 Å². The van der Waals surface area contributed by atoms with E-state index < -0.39 is 24.0 Å². The number of hydrogen-bond acceptors (Lipinski definition) is 4. The van der Waals surface area contributed by atoms with Crippen LogP contribution in [-0.4, -0.2) is 65.0 Å². The molecule has 0 bridgehead atoms. The third kappa shape index (κ3) is 7.22. The maximum absolute atomic E-state index is 13.6. The number of aliphatic hydroxyl groups is 1. The van der Waals surface area contributed by atoms with E-state index in [0.717, 1.165) is 4.57 Å². The van der Waals surface area contributed by atoms with Gasteiger partial charge in [0.1, 0.15) is 24.0 Å². The fourth-order valence-electron chi connectivity index (χ4n) is 2.87. The molecule has 0 aliphatic heterocycles. The van der Waals surface area contributed by atoms with Gasteiger partial charge in [-0.05, 0) is 31.2 Å². The summed E-state index contributed by atoms with van der Waals surface area (Å²) >= 11 is 0. The molecule has 0 aliphatic carbocycles. The fraction of sp³-hybridized carbons (Fsp3) is 0.500. The first-order chi connectivity index (χ1) is 14.6. The van der Waals surface area contributed by atoms with Crippen LogP contribution in [0.4, 0.5) is 17.6 Å². The maximum Gasteiger partial charge on any atom is 0.424 e. The Morgan fingerprint density at radius 2 is 1.94 bits per heavy atom. The lowest BCUT2D eigenvalue weighted by Crippen LogP contribution is -2.45. The van der Waals surface area contributed by atoms with Gasteiger partial charge in [0.05, 0.1) is 6.54 Å². The van der Waals surface area contributed by atoms with Gasteiger partial charge in [-0.2, -0.15) is 13.2 Å². The Kier molecular flexibility index (Phi) is 10.7. The molecular weight excluding hydrogens is 545 g/mol. The summed E-state index contributed by atoms with van der Waals surface area (Å²) in [6.45, 7) is 2.69. The molecule has 180 valence electrons. The molecule has 2 rings (SSSR count). The summed E-state index contributed by atoms with van der Waals surface area (Å²) in [6, 6.07) is 5.58. The molecular formula is C20H28F4IN5O2. The molecule has 12 heteroatoms. The minimum Gasteiger partial charge on any atom is -0.492 e. The Hall–Kier alpha value is -2.09. The first kappa shape index (κ1) is 27.9. The molecule has 0 aliphatic rings. The summed E-state index contributed by atoms with van der Waals surface area (Å²) in [5, 5.41) is 13.4. The quantitative estimate of drug-likeness (QED) is 0.209. The fourth-order valence-corrected chi connectivity index (χ4v) is 2.87. The summed E-state index contributed by atoms with van der Waals surface area (Å²) < 4.78 is 60.4. The molecule has 2 aromatic rings. The highest BCUT2D eigenvalue weighted by Gasteiger charge is 2.57. The van der Waals surface area contributed by atoms with Gasteiger partial charge in [0, 0.05) is 46.0 Å². The van der Waals surface area contributed by atoms with E-state index in [-0.39, 0.29) is 42.9 Å². The highest BCUT2D eigenvalue weighted by atomic mass is 127. The number of benzene rings is 1. The second kappa shape index (κ2) is 12.2. The van der Waals surface area contributed by atoms with E-state index in [2.05, 4.69) is 15.3 Å². The number of imidazole rings is 1. The van der Waals surface area contributed by atoms with Crippen LogP contribution >= 0.6 is 24.0 Å². The molecule has 0 saturated heterocycles. The molecule has 1 unspecified atom stereocenters. The first-order valence-electron chi connectivity index (χ1n) is 9.73. The zero-order chi connectivity index (χ0) is 23.1. The van der Waals surface area contributed by atoms with Crippen LogP contribution in [0.3, 0.4) is 0 Å². The maximum atomic E-state index is 13.6. The summed E-state index contributed by atoms with van der Waals surface area (Å²) in [6.07, 6.45) is -3.05. The van der Waals surface area contributed by atoms with Crippen LogP contribution in [0.2, 0.25) is 0 Å². The SMILES string of the molecule is CCNC(=NCCC(O)(c1nccn1C)C(F)(F)F)N(C)CCOc1ccc(F)cc1.I. The Labute approximate surface area is 201 Å². The third-order valence-electron chi connectivity index (χ3n) is 4.60. The standard InChI is InChI=1S/C20H27F4N5O2.HI/c1-4-25-18(29(3)13-14-31-16-7-5-15(21)6-8-16)27-10-9-19(30,20(22,23)24)17-26-11-12-28(17)2;/h5-8,11-12,30H,4,9-10,13-14H2,1-3H3,(H,25,27);1H. The van der Waals surface area contributed by atoms with Crippen LogP contribution in [0.5, 0.6) is 5.75 Å². The van der Waals surface area contributed by atoms with Crippen LogP contribution in [-0.2, 0) is 12.6 Å². The number of halogens is 5. The number of alkyl halides is 3. The van der Waals surface area contributed by atoms with Gasteiger partial charge >= 0.3 is 6.18 Å². The van der Waals surface area contributed by atoms with E-state index in [1.54, 1.807) is 11.9 Å². The molecule has 1 aromatic carbocycles. The van der Waals surface area contributed by atoms with Gasteiger partial charge in [-0.25, -0.2) is 9.37 Å². The normalized spacial score (nSPS) is 13.8. The minimum absolute atomic E-state index is 0. The Balaban J connectivity index is 0.00000512. The van der Waals surface area contributed by atoms with E-state index in [9.17, 15) is 22.7 Å². The van der Waals surface area contributed by atoms with E-state index in [4.69, 9.17) is 4.74 Å². The summed E-state index contributed by atoms with van der Waals surface area (Å²) in [5.74, 6) is 0.0215. The predicted octanol–water partition coefficient (Wildman–Crippen LogP) is 3.29. The van der Waals surface area contributed by atoms with Crippen molar-refractivity contribution in [1.29, 1.82) is 0 Å². The molecule has 1 heterocycles. The monoisotopic (exact) mass is 573 g/mol. The Morgan fingerprint density at radius 1 is 1.28 bits per heavy atom. The molecule has 1 aromatic heterocycles. The number of rotatable bonds is 9. The van der Waals surface area contributed by atoms with Gasteiger partial charge < -0.3 is 24.6 Å². The van der Waals surface area contributed by atoms with Crippen molar-refractivity contribution in [3.8, 4) is 5.75 Å². The highest BCUT2D eigenvalue weighted by Crippen LogP contribution is 2.40. The average molecular weight is 573 g/mol. The van der Waals surface area contributed by atoms with E-state index in [0.29, 0.717) is 24.8 Å². The molecule has 0 fully saturated rings. The van der Waals surface area contributed by atoms with Crippen LogP contribution in [0.15, 0.2) is 41.7 Å². The molecule has 0 spiro atoms. The first-order valence-corrected chi connectivity index (χ1v) is 9.73. The number of aromatic nitrogens is 2. The molecule has 0 amide bonds. The van der Waals surface area contributed by atoms with E-state index >= 15 is 0 Å². The van der Waals surface area contributed by atoms with Gasteiger partial charge in [-0.3, -0.25) is 4.99 Å². The zero-order valence-electron chi connectivity index (χ0n) is 18.1. The number of guanidine groups is 1. The van der Waals surface area contributed by atoms with Crippen molar-refractivity contribution in [3.05, 3.63) is 48.3 Å². The Bertz CT molecular complexity index is 860. The van der Waals surface area contributed by atoms with Crippen molar-refractivity contribution in [2.75, 3.05) is 33.3 Å². The van der Waals surface area contributed by atoms with E-state index in [1.165, 1.54) is 43.7 Å². The van der Waals surface area contributed by atoms with Crippen molar-refractivity contribution in [3.63, 3.8) is 0 Å². The smallest absolute Gasteiger partial charge is 0.424 e. The van der Waals surface area contributed by atoms with Crippen LogP contribution in [0.1, 0.15) is 19.2 Å². The second-order valence-electron chi connectivity index (χ2n) is 6.93. The van der Waals surface area contributed by atoms with Gasteiger partial charge in [-0.15, -0.1) is 24.0 Å². The number of likely N-dealkylation sites (N-methyl/N-ethyl adjacent to an activating group) is 1. The van der Waals surface area contributed by atoms with Crippen molar-refractivity contribution >= 4 is 29.9 Å². The van der Waals surface area contributed by atoms with Gasteiger partial charge in [0.25, 0.3) is 0 Å². The molecule has 0 saturated carbocycles. The highest BCUT2D eigenvalue weighted by molar-refractivity contribution is 14.0. The summed E-state index contributed by atoms with van der Waals surface area (Å²) in [5.41, 5.74) is -3.11. The van der Waals surface area contributed by atoms with Gasteiger partial charge in [0.15, 0.2) is 5.96 Å². The largest absolute Gasteiger partial charge is 0.492 e. The van der Waals surface area contributed by atoms with Crippen LogP contribution in [0.25, 0.3) is 0 Å². The van der Waals surface area contributed by atoms with Gasteiger partial charge in [-0.1, -0.05) is 0 Å². The zero-order valence-corrected chi connectivity index (χ0v) is 20.4. The lowest BCUT2D eigenvalue weighted by atomic mass is 9.98. The number of nitrogens with one attached hydrogen (secondary N) is 1. The van der Waals surface area contributed by atoms with Crippen molar-refractivity contribution in [2.45, 2.75) is 25.1 Å². The van der Waals surface area contributed by atoms with Crippen molar-refractivity contribution in [2.24, 2.45) is 12.0 Å². The molecule has 0 radical (unpaired) electrons. The number of hydrogen-bond donors (Lipinski definition) is 2. The predicted molar refractivity (Wildman–Crippen MR) is 124 cm³/mol. The Morgan fingerprint density at radius 3 is 2.47 bits per heavy atom. The van der Waals surface area contributed by atoms with Crippen molar-refractivity contribution in [1.82, 2.24) is 19.8 Å². The third-order valence-corrected chi connectivity index (χ3v) is 4.60. The topological polar surface area (TPSA) is 74.9 Å². The van der Waals surface area contributed by atoms with Crippen LogP contribution in [0, 0.1) is 5.82 Å². The number of aliphatic imine (C=N–C) groups is 1. The van der Waals surface area contributed by atoms with Crippen molar-refractivity contribution < 1.29 is 27.4 Å². The molecule has 1 atom stereocenters. The minimum atomic E-state index is -4.91. The molecule has 7 nitrogen and oxygen atoms in total. The number of aryl methyl sites for hydroxylation is 1. The molecule has 32 heavy (non-hydrogen) atoms. The number of nitrogens with zero attached hydrogens (tertiary/aromatic N) is 4. The second-order valence-corrected chi connectivity index (χ2v) is 6.93. The van der Waals surface area contributed by atoms with Gasteiger partial charge in [0.2, 0.25) is 5.60 Å². The number of ether oxygens (including phenoxy) is 1. The molecule has 2 N–H and O–H groups in total. The lowest BCUT2D eigenvalue weighted by Gasteiger charge is -2.29. The van der Waals surface area contributed by atoms with E-state index in [1.807, 2.05) is 6.92 Å². The average Bonchev–Trinajstić information content (AvgIpc) is 3.14. The lowest BCUT2D eigenvalue weighted by molar-refractivity contribution is -0.272.